The highest BCUT2D eigenvalue weighted by Gasteiger charge is 2.67. The van der Waals surface area contributed by atoms with Crippen molar-refractivity contribution < 1.29 is 38.0 Å². The maximum Gasteiger partial charge on any atom is 0.509 e. The molecule has 0 N–H and O–H groups in total. The Kier molecular flexibility index (Phi) is 9.01. The molecule has 6 aliphatic rings. The van der Waals surface area contributed by atoms with Crippen LogP contribution in [-0.2, 0) is 39.8 Å². The molecule has 2 aliphatic heterocycles. The van der Waals surface area contributed by atoms with E-state index < -0.39 is 48.2 Å². The zero-order chi connectivity index (χ0) is 30.3. The molecule has 0 bridgehead atoms. The van der Waals surface area contributed by atoms with Gasteiger partial charge in [-0.1, -0.05) is 70.4 Å². The highest BCUT2D eigenvalue weighted by atomic mass is 16.8. The maximum atomic E-state index is 13.7. The quantitative estimate of drug-likeness (QED) is 0.306. The van der Waals surface area contributed by atoms with Gasteiger partial charge in [0.25, 0.3) is 0 Å². The lowest BCUT2D eigenvalue weighted by atomic mass is 9.75. The predicted molar refractivity (Wildman–Crippen MR) is 163 cm³/mol. The molecule has 6 fully saturated rings. The molecule has 9 atom stereocenters. The third-order valence-electron chi connectivity index (χ3n) is 11.3. The van der Waals surface area contributed by atoms with Gasteiger partial charge in [0.05, 0.1) is 6.61 Å². The van der Waals surface area contributed by atoms with Gasteiger partial charge in [0.2, 0.25) is 0 Å². The molecule has 244 valence electrons. The molecule has 8 nitrogen and oxygen atoms in total. The van der Waals surface area contributed by atoms with Gasteiger partial charge >= 0.3 is 6.16 Å². The third kappa shape index (κ3) is 6.18. The van der Waals surface area contributed by atoms with E-state index in [9.17, 15) is 4.79 Å². The Hall–Kier alpha value is -1.71. The van der Waals surface area contributed by atoms with Crippen molar-refractivity contribution in [3.63, 3.8) is 0 Å². The second-order valence-electron chi connectivity index (χ2n) is 14.8. The van der Waals surface area contributed by atoms with Gasteiger partial charge in [0.1, 0.15) is 36.6 Å². The number of carbonyl (C=O) groups excluding carboxylic acids is 1. The van der Waals surface area contributed by atoms with Gasteiger partial charge in [-0.2, -0.15) is 0 Å². The zero-order valence-corrected chi connectivity index (χ0v) is 26.8. The van der Waals surface area contributed by atoms with Crippen molar-refractivity contribution in [3.05, 3.63) is 35.9 Å². The summed E-state index contributed by atoms with van der Waals surface area (Å²) in [5, 5.41) is 0. The van der Waals surface area contributed by atoms with Crippen molar-refractivity contribution in [2.24, 2.45) is 17.8 Å². The lowest BCUT2D eigenvalue weighted by Gasteiger charge is -2.42. The molecule has 0 amide bonds. The summed E-state index contributed by atoms with van der Waals surface area (Å²) in [5.41, 5.74) is 1.04. The first-order valence-corrected chi connectivity index (χ1v) is 17.6. The van der Waals surface area contributed by atoms with E-state index in [0.717, 1.165) is 76.2 Å². The van der Waals surface area contributed by atoms with E-state index in [2.05, 4.69) is 20.8 Å². The van der Waals surface area contributed by atoms with Crippen molar-refractivity contribution in [3.8, 4) is 0 Å². The van der Waals surface area contributed by atoms with Crippen LogP contribution in [0.15, 0.2) is 30.3 Å². The molecule has 0 aromatic heterocycles. The number of hydrogen-bond donors (Lipinski definition) is 0. The molecule has 4 aliphatic carbocycles. The Morgan fingerprint density at radius 2 is 1.34 bits per heavy atom. The third-order valence-corrected chi connectivity index (χ3v) is 11.3. The van der Waals surface area contributed by atoms with Crippen molar-refractivity contribution in [1.82, 2.24) is 0 Å². The molecular formula is C36H52O8. The predicted octanol–water partition coefficient (Wildman–Crippen LogP) is 7.46. The molecule has 1 aromatic carbocycles. The monoisotopic (exact) mass is 612 g/mol. The highest BCUT2D eigenvalue weighted by Crippen LogP contribution is 2.52. The molecule has 2 spiro atoms. The first-order chi connectivity index (χ1) is 21.3. The topological polar surface area (TPSA) is 81.7 Å². The molecule has 1 aromatic rings. The molecule has 44 heavy (non-hydrogen) atoms. The Morgan fingerprint density at radius 3 is 1.93 bits per heavy atom. The minimum Gasteiger partial charge on any atom is -0.431 e. The zero-order valence-electron chi connectivity index (χ0n) is 26.8. The Bertz CT molecular complexity index is 1110. The van der Waals surface area contributed by atoms with E-state index in [1.165, 1.54) is 12.8 Å². The van der Waals surface area contributed by atoms with Gasteiger partial charge in [0.15, 0.2) is 17.7 Å². The van der Waals surface area contributed by atoms with Gasteiger partial charge in [0, 0.05) is 25.7 Å². The van der Waals surface area contributed by atoms with Crippen LogP contribution in [0.5, 0.6) is 0 Å². The summed E-state index contributed by atoms with van der Waals surface area (Å²) in [7, 11) is 0. The molecule has 2 heterocycles. The second kappa shape index (κ2) is 12.8. The van der Waals surface area contributed by atoms with Crippen LogP contribution in [0.3, 0.4) is 0 Å². The van der Waals surface area contributed by atoms with E-state index in [-0.39, 0.29) is 12.2 Å². The van der Waals surface area contributed by atoms with Crippen molar-refractivity contribution in [2.75, 3.05) is 0 Å². The number of benzene rings is 1. The minimum absolute atomic E-state index is 0.163. The normalized spacial score (nSPS) is 39.2. The van der Waals surface area contributed by atoms with Crippen molar-refractivity contribution >= 4 is 6.16 Å². The lowest BCUT2D eigenvalue weighted by molar-refractivity contribution is -0.229. The lowest BCUT2D eigenvalue weighted by Crippen LogP contribution is -2.63. The van der Waals surface area contributed by atoms with Crippen LogP contribution in [0, 0.1) is 17.8 Å². The maximum absolute atomic E-state index is 13.7. The first kappa shape index (κ1) is 30.9. The fourth-order valence-electron chi connectivity index (χ4n) is 8.96. The second-order valence-corrected chi connectivity index (χ2v) is 14.8. The number of rotatable bonds is 6. The van der Waals surface area contributed by atoms with Crippen LogP contribution >= 0.6 is 0 Å². The fourth-order valence-corrected chi connectivity index (χ4v) is 8.96. The smallest absolute Gasteiger partial charge is 0.431 e. The standard InChI is InChI=1S/C36H52O8/c1-23(2)26-16-15-24(3)21-27(26)39-34(37)40-29-28(38-22-25-13-7-4-8-14-25)30-32(43-35(41-30)17-9-5-10-18-35)33-31(29)42-36(44-33)19-11-6-12-20-36/h4,7-8,13-14,23-24,26-33H,5-6,9-12,15-22H2,1-3H3/t24-,26+,27+,28-,29+,30-,31-,32+,33-/m0/s1. The van der Waals surface area contributed by atoms with Crippen LogP contribution in [0.4, 0.5) is 4.79 Å². The molecule has 2 saturated heterocycles. The van der Waals surface area contributed by atoms with Gasteiger partial charge in [-0.3, -0.25) is 0 Å². The molecular weight excluding hydrogens is 560 g/mol. The average molecular weight is 613 g/mol. The van der Waals surface area contributed by atoms with Crippen LogP contribution in [0.25, 0.3) is 0 Å². The number of carbonyl (C=O) groups is 1. The van der Waals surface area contributed by atoms with Crippen LogP contribution in [0.2, 0.25) is 0 Å². The van der Waals surface area contributed by atoms with E-state index in [0.29, 0.717) is 24.4 Å². The summed E-state index contributed by atoms with van der Waals surface area (Å²) in [6.45, 7) is 7.03. The van der Waals surface area contributed by atoms with Gasteiger partial charge in [-0.25, -0.2) is 4.79 Å². The average Bonchev–Trinajstić information content (AvgIpc) is 3.56. The number of hydrogen-bond acceptors (Lipinski definition) is 8. The largest absolute Gasteiger partial charge is 0.509 e. The Labute approximate surface area is 262 Å². The number of ether oxygens (including phenoxy) is 7. The van der Waals surface area contributed by atoms with E-state index >= 15 is 0 Å². The summed E-state index contributed by atoms with van der Waals surface area (Å²) in [6, 6.07) is 10.1. The van der Waals surface area contributed by atoms with E-state index in [1.54, 1.807) is 0 Å². The SMILES string of the molecule is CC(C)[C@H]1CC[C@H](C)C[C@H]1OC(=O)O[C@@H]1[C@H](OCc2ccccc2)[C@@H]2OC3(CCCCC3)O[C@H]2[C@H]2OC3(CCCCC3)O[C@@H]12. The Balaban J connectivity index is 1.18. The fraction of sp³-hybridized carbons (Fsp3) is 0.806. The van der Waals surface area contributed by atoms with Crippen molar-refractivity contribution in [1.29, 1.82) is 0 Å². The summed E-state index contributed by atoms with van der Waals surface area (Å²) < 4.78 is 46.7. The molecule has 7 rings (SSSR count). The molecule has 0 unspecified atom stereocenters. The van der Waals surface area contributed by atoms with E-state index in [1.807, 2.05) is 30.3 Å². The molecule has 4 saturated carbocycles. The van der Waals surface area contributed by atoms with Gasteiger partial charge in [-0.05, 0) is 61.8 Å². The first-order valence-electron chi connectivity index (χ1n) is 17.6. The van der Waals surface area contributed by atoms with Crippen LogP contribution < -0.4 is 0 Å². The molecule has 8 heteroatoms. The summed E-state index contributed by atoms with van der Waals surface area (Å²) in [4.78, 5) is 13.7. The van der Waals surface area contributed by atoms with Crippen LogP contribution in [-0.4, -0.2) is 60.5 Å². The highest BCUT2D eigenvalue weighted by molar-refractivity contribution is 5.60. The van der Waals surface area contributed by atoms with E-state index in [4.69, 9.17) is 33.2 Å². The summed E-state index contributed by atoms with van der Waals surface area (Å²) >= 11 is 0. The van der Waals surface area contributed by atoms with Crippen LogP contribution in [0.1, 0.15) is 110 Å². The van der Waals surface area contributed by atoms with Gasteiger partial charge in [-0.15, -0.1) is 0 Å². The molecule has 0 radical (unpaired) electrons. The van der Waals surface area contributed by atoms with Crippen molar-refractivity contribution in [2.45, 2.75) is 165 Å². The summed E-state index contributed by atoms with van der Waals surface area (Å²) in [6.07, 6.45) is 9.09. The summed E-state index contributed by atoms with van der Waals surface area (Å²) in [5.74, 6) is -0.0863. The van der Waals surface area contributed by atoms with Gasteiger partial charge < -0.3 is 33.2 Å². The number of fused-ring (bicyclic) bond motifs is 3. The minimum atomic E-state index is -0.750. The Morgan fingerprint density at radius 1 is 0.773 bits per heavy atom.